The van der Waals surface area contributed by atoms with Crippen LogP contribution in [0.15, 0.2) is 58.4 Å². The van der Waals surface area contributed by atoms with E-state index in [-0.39, 0.29) is 5.91 Å². The highest BCUT2D eigenvalue weighted by molar-refractivity contribution is 9.10. The number of amides is 1. The lowest BCUT2D eigenvalue weighted by molar-refractivity contribution is -0.128. The van der Waals surface area contributed by atoms with Gasteiger partial charge in [-0.15, -0.1) is 11.3 Å². The van der Waals surface area contributed by atoms with Gasteiger partial charge in [0.2, 0.25) is 0 Å². The number of carbonyl (C=O) groups excluding carboxylic acids is 1. The lowest BCUT2D eigenvalue weighted by Gasteiger charge is -2.24. The van der Waals surface area contributed by atoms with Gasteiger partial charge in [-0.1, -0.05) is 39.7 Å². The number of nitrogens with one attached hydrogen (secondary N) is 1. The Hall–Kier alpha value is -1.89. The molecule has 1 N–H and O–H groups in total. The van der Waals surface area contributed by atoms with Gasteiger partial charge in [0.15, 0.2) is 10.7 Å². The number of hydrogen-bond donors (Lipinski definition) is 1. The van der Waals surface area contributed by atoms with Crippen molar-refractivity contribution in [2.45, 2.75) is 19.4 Å². The van der Waals surface area contributed by atoms with Gasteiger partial charge in [0.1, 0.15) is 5.75 Å². The van der Waals surface area contributed by atoms with Crippen LogP contribution in [0.3, 0.4) is 0 Å². The van der Waals surface area contributed by atoms with Crippen molar-refractivity contribution >= 4 is 49.9 Å². The van der Waals surface area contributed by atoms with Gasteiger partial charge in [-0.2, -0.15) is 0 Å². The molecule has 0 atom stereocenters. The van der Waals surface area contributed by atoms with Gasteiger partial charge in [0, 0.05) is 20.4 Å². The van der Waals surface area contributed by atoms with E-state index in [0.717, 1.165) is 15.7 Å². The summed E-state index contributed by atoms with van der Waals surface area (Å²) in [5.74, 6) is 0.353. The lowest BCUT2D eigenvalue weighted by Crippen LogP contribution is -2.42. The van der Waals surface area contributed by atoms with Crippen molar-refractivity contribution in [3.05, 3.63) is 63.4 Å². The molecule has 0 unspecified atom stereocenters. The number of nitrogens with zero attached hydrogens (tertiary/aromatic N) is 1. The molecule has 0 saturated heterocycles. The van der Waals surface area contributed by atoms with E-state index in [2.05, 4.69) is 26.2 Å². The molecule has 7 heteroatoms. The van der Waals surface area contributed by atoms with Crippen LogP contribution in [0.1, 0.15) is 13.8 Å². The van der Waals surface area contributed by atoms with E-state index in [1.165, 1.54) is 11.3 Å². The number of halogens is 2. The van der Waals surface area contributed by atoms with Crippen molar-refractivity contribution in [1.82, 2.24) is 4.98 Å². The molecule has 0 aliphatic carbocycles. The van der Waals surface area contributed by atoms with Crippen molar-refractivity contribution in [1.29, 1.82) is 0 Å². The minimum Gasteiger partial charge on any atom is -0.478 e. The summed E-state index contributed by atoms with van der Waals surface area (Å²) in [7, 11) is 0. The highest BCUT2D eigenvalue weighted by Gasteiger charge is 2.30. The van der Waals surface area contributed by atoms with Crippen molar-refractivity contribution < 1.29 is 9.53 Å². The van der Waals surface area contributed by atoms with Gasteiger partial charge in [-0.3, -0.25) is 10.1 Å². The summed E-state index contributed by atoms with van der Waals surface area (Å²) < 4.78 is 6.77. The summed E-state index contributed by atoms with van der Waals surface area (Å²) in [6.07, 6.45) is 0. The Labute approximate surface area is 169 Å². The maximum atomic E-state index is 12.6. The molecule has 1 amide bonds. The van der Waals surface area contributed by atoms with Crippen molar-refractivity contribution in [2.75, 3.05) is 5.32 Å². The highest BCUT2D eigenvalue weighted by atomic mass is 79.9. The van der Waals surface area contributed by atoms with Crippen LogP contribution < -0.4 is 10.1 Å². The SMILES string of the molecule is CC(C)(Oc1ccc(Br)cc1)C(=O)Nc1nc(-c2ccc(Cl)cc2)cs1. The third-order valence-electron chi connectivity index (χ3n) is 3.60. The van der Waals surface area contributed by atoms with Crippen LogP contribution in [0.2, 0.25) is 5.02 Å². The standard InChI is InChI=1S/C19H16BrClN2O2S/c1-19(2,25-15-9-5-13(20)6-10-15)17(24)23-18-22-16(11-26-18)12-3-7-14(21)8-4-12/h3-11H,1-2H3,(H,22,23,24). The predicted molar refractivity (Wildman–Crippen MR) is 110 cm³/mol. The molecule has 0 spiro atoms. The van der Waals surface area contributed by atoms with E-state index in [9.17, 15) is 4.79 Å². The first-order chi connectivity index (χ1) is 12.3. The summed E-state index contributed by atoms with van der Waals surface area (Å²) in [5.41, 5.74) is 0.685. The Morgan fingerprint density at radius 2 is 1.81 bits per heavy atom. The van der Waals surface area contributed by atoms with Crippen LogP contribution in [-0.2, 0) is 4.79 Å². The molecule has 0 fully saturated rings. The molecule has 2 aromatic carbocycles. The second-order valence-electron chi connectivity index (χ2n) is 6.07. The molecule has 0 radical (unpaired) electrons. The van der Waals surface area contributed by atoms with Gasteiger partial charge in [0.05, 0.1) is 5.69 Å². The van der Waals surface area contributed by atoms with Crippen LogP contribution in [0.4, 0.5) is 5.13 Å². The van der Waals surface area contributed by atoms with E-state index >= 15 is 0 Å². The summed E-state index contributed by atoms with van der Waals surface area (Å²) in [5, 5.41) is 5.91. The average molecular weight is 452 g/mol. The van der Waals surface area contributed by atoms with Crippen LogP contribution >= 0.6 is 38.9 Å². The van der Waals surface area contributed by atoms with Crippen LogP contribution in [0.25, 0.3) is 11.3 Å². The lowest BCUT2D eigenvalue weighted by atomic mass is 10.1. The smallest absolute Gasteiger partial charge is 0.269 e. The summed E-state index contributed by atoms with van der Waals surface area (Å²) >= 11 is 10.6. The number of hydrogen-bond acceptors (Lipinski definition) is 4. The van der Waals surface area contributed by atoms with E-state index in [1.807, 2.05) is 41.8 Å². The fourth-order valence-electron chi connectivity index (χ4n) is 2.18. The molecular weight excluding hydrogens is 436 g/mol. The molecule has 0 bridgehead atoms. The van der Waals surface area contributed by atoms with Gasteiger partial charge >= 0.3 is 0 Å². The first kappa shape index (κ1) is 18.9. The minimum absolute atomic E-state index is 0.266. The maximum absolute atomic E-state index is 12.6. The number of anilines is 1. The van der Waals surface area contributed by atoms with Gasteiger partial charge < -0.3 is 4.74 Å². The highest BCUT2D eigenvalue weighted by Crippen LogP contribution is 2.27. The summed E-state index contributed by atoms with van der Waals surface area (Å²) in [6.45, 7) is 3.44. The van der Waals surface area contributed by atoms with E-state index in [1.54, 1.807) is 26.0 Å². The van der Waals surface area contributed by atoms with E-state index in [4.69, 9.17) is 16.3 Å². The van der Waals surface area contributed by atoms with Crippen LogP contribution in [0, 0.1) is 0 Å². The van der Waals surface area contributed by atoms with Gasteiger partial charge in [-0.25, -0.2) is 4.98 Å². The molecular formula is C19H16BrClN2O2S. The Balaban J connectivity index is 1.69. The molecule has 4 nitrogen and oxygen atoms in total. The molecule has 1 heterocycles. The van der Waals surface area contributed by atoms with Crippen molar-refractivity contribution in [2.24, 2.45) is 0 Å². The monoisotopic (exact) mass is 450 g/mol. The zero-order chi connectivity index (χ0) is 18.7. The Bertz CT molecular complexity index is 908. The Morgan fingerprint density at radius 3 is 2.46 bits per heavy atom. The predicted octanol–water partition coefficient (Wildman–Crippen LogP) is 6.02. The number of ether oxygens (including phenoxy) is 1. The molecule has 3 rings (SSSR count). The molecule has 3 aromatic rings. The van der Waals surface area contributed by atoms with E-state index < -0.39 is 5.60 Å². The molecule has 26 heavy (non-hydrogen) atoms. The van der Waals surface area contributed by atoms with Crippen LogP contribution in [-0.4, -0.2) is 16.5 Å². The summed E-state index contributed by atoms with van der Waals surface area (Å²) in [6, 6.07) is 14.7. The third kappa shape index (κ3) is 4.63. The molecule has 0 aliphatic rings. The number of benzene rings is 2. The quantitative estimate of drug-likeness (QED) is 0.516. The number of thiazole rings is 1. The molecule has 1 aromatic heterocycles. The van der Waals surface area contributed by atoms with Crippen molar-refractivity contribution in [3.63, 3.8) is 0 Å². The first-order valence-corrected chi connectivity index (χ1v) is 9.86. The Morgan fingerprint density at radius 1 is 1.15 bits per heavy atom. The van der Waals surface area contributed by atoms with Crippen molar-refractivity contribution in [3.8, 4) is 17.0 Å². The average Bonchev–Trinajstić information content (AvgIpc) is 3.06. The topological polar surface area (TPSA) is 51.2 Å². The maximum Gasteiger partial charge on any atom is 0.269 e. The molecule has 0 saturated carbocycles. The second-order valence-corrected chi connectivity index (χ2v) is 8.28. The zero-order valence-electron chi connectivity index (χ0n) is 14.1. The van der Waals surface area contributed by atoms with E-state index in [0.29, 0.717) is 15.9 Å². The fraction of sp³-hybridized carbons (Fsp3) is 0.158. The first-order valence-electron chi connectivity index (χ1n) is 7.81. The van der Waals surface area contributed by atoms with Gasteiger partial charge in [-0.05, 0) is 50.2 Å². The third-order valence-corrected chi connectivity index (χ3v) is 5.14. The molecule has 0 aliphatic heterocycles. The number of carbonyl (C=O) groups is 1. The Kier molecular flexibility index (Phi) is 5.65. The second kappa shape index (κ2) is 7.78. The number of aromatic nitrogens is 1. The van der Waals surface area contributed by atoms with Gasteiger partial charge in [0.25, 0.3) is 5.91 Å². The zero-order valence-corrected chi connectivity index (χ0v) is 17.3. The summed E-state index contributed by atoms with van der Waals surface area (Å²) in [4.78, 5) is 17.1. The van der Waals surface area contributed by atoms with Crippen LogP contribution in [0.5, 0.6) is 5.75 Å². The fourth-order valence-corrected chi connectivity index (χ4v) is 3.28. The normalized spacial score (nSPS) is 11.2. The molecule has 134 valence electrons. The number of rotatable bonds is 5. The largest absolute Gasteiger partial charge is 0.478 e. The minimum atomic E-state index is -1.04.